The second kappa shape index (κ2) is 5.30. The summed E-state index contributed by atoms with van der Waals surface area (Å²) in [5.41, 5.74) is -0.502. The first kappa shape index (κ1) is 13.7. The predicted molar refractivity (Wildman–Crippen MR) is 66.4 cm³/mol. The van der Waals surface area contributed by atoms with E-state index in [9.17, 15) is 9.59 Å². The Kier molecular flexibility index (Phi) is 4.27. The molecule has 1 aliphatic rings. The minimum Gasteiger partial charge on any atom is -0.460 e. The van der Waals surface area contributed by atoms with Gasteiger partial charge in [-0.15, -0.1) is 0 Å². The van der Waals surface area contributed by atoms with Crippen LogP contribution in [0.4, 0.5) is 0 Å². The summed E-state index contributed by atoms with van der Waals surface area (Å²) in [5.74, 6) is -0.761. The van der Waals surface area contributed by atoms with Crippen LogP contribution in [0.3, 0.4) is 0 Å². The topological polar surface area (TPSA) is 43.4 Å². The Bertz CT molecular complexity index is 358. The van der Waals surface area contributed by atoms with Crippen LogP contribution in [0.2, 0.25) is 0 Å². The molecule has 3 nitrogen and oxygen atoms in total. The van der Waals surface area contributed by atoms with Crippen molar-refractivity contribution in [3.63, 3.8) is 0 Å². The number of carbonyl (C=O) groups excluding carboxylic acids is 2. The van der Waals surface area contributed by atoms with Gasteiger partial charge in [0.15, 0.2) is 0 Å². The summed E-state index contributed by atoms with van der Waals surface area (Å²) < 4.78 is 5.22. The molecule has 94 valence electrons. The second-order valence-electron chi connectivity index (χ2n) is 5.36. The summed E-state index contributed by atoms with van der Waals surface area (Å²) in [6.45, 7) is 7.30. The number of carbonyl (C=O) groups is 2. The molecule has 2 unspecified atom stereocenters. The zero-order valence-electron chi connectivity index (χ0n) is 10.9. The van der Waals surface area contributed by atoms with Gasteiger partial charge in [0.1, 0.15) is 11.4 Å². The fourth-order valence-corrected chi connectivity index (χ4v) is 1.69. The zero-order valence-corrected chi connectivity index (χ0v) is 10.9. The number of esters is 1. The van der Waals surface area contributed by atoms with Crippen LogP contribution in [0.25, 0.3) is 0 Å². The minimum atomic E-state index is -0.502. The molecule has 0 N–H and O–H groups in total. The van der Waals surface area contributed by atoms with Crippen molar-refractivity contribution in [1.82, 2.24) is 0 Å². The highest BCUT2D eigenvalue weighted by Crippen LogP contribution is 2.19. The van der Waals surface area contributed by atoms with Crippen LogP contribution in [0.15, 0.2) is 24.3 Å². The normalized spacial score (nSPS) is 24.6. The van der Waals surface area contributed by atoms with E-state index in [-0.39, 0.29) is 30.0 Å². The lowest BCUT2D eigenvalue weighted by atomic mass is 9.92. The molecule has 0 heterocycles. The second-order valence-corrected chi connectivity index (χ2v) is 5.36. The fourth-order valence-electron chi connectivity index (χ4n) is 1.69. The Morgan fingerprint density at radius 3 is 2.47 bits per heavy atom. The fraction of sp³-hybridized carbons (Fsp3) is 0.571. The standard InChI is InChI=1S/C14H20O3/c1-10-7-5-6-8-11(13(10)16)9-12(15)17-14(2,3)4/h5-8,10-11H,9H2,1-4H3. The van der Waals surface area contributed by atoms with Crippen LogP contribution >= 0.6 is 0 Å². The van der Waals surface area contributed by atoms with E-state index in [0.717, 1.165) is 0 Å². The van der Waals surface area contributed by atoms with Gasteiger partial charge >= 0.3 is 5.97 Å². The van der Waals surface area contributed by atoms with Crippen molar-refractivity contribution in [2.24, 2.45) is 11.8 Å². The van der Waals surface area contributed by atoms with Crippen molar-refractivity contribution in [2.45, 2.75) is 39.7 Å². The van der Waals surface area contributed by atoms with E-state index in [1.165, 1.54) is 0 Å². The van der Waals surface area contributed by atoms with Crippen molar-refractivity contribution in [3.8, 4) is 0 Å². The molecule has 0 aromatic rings. The Labute approximate surface area is 103 Å². The van der Waals surface area contributed by atoms with Crippen molar-refractivity contribution < 1.29 is 14.3 Å². The lowest BCUT2D eigenvalue weighted by Crippen LogP contribution is -2.27. The molecule has 0 aromatic carbocycles. The van der Waals surface area contributed by atoms with Gasteiger partial charge < -0.3 is 4.74 Å². The lowest BCUT2D eigenvalue weighted by Gasteiger charge is -2.21. The number of hydrogen-bond acceptors (Lipinski definition) is 3. The third-order valence-electron chi connectivity index (χ3n) is 2.48. The molecule has 0 spiro atoms. The number of Topliss-reactive ketones (excluding diaryl/α,β-unsaturated/α-hetero) is 1. The van der Waals surface area contributed by atoms with E-state index in [1.54, 1.807) is 6.08 Å². The van der Waals surface area contributed by atoms with Crippen LogP contribution in [0.1, 0.15) is 34.1 Å². The first-order chi connectivity index (χ1) is 7.79. The first-order valence-corrected chi connectivity index (χ1v) is 5.90. The molecule has 0 bridgehead atoms. The van der Waals surface area contributed by atoms with Crippen molar-refractivity contribution in [3.05, 3.63) is 24.3 Å². The maximum Gasteiger partial charge on any atom is 0.307 e. The van der Waals surface area contributed by atoms with Gasteiger partial charge in [-0.05, 0) is 20.8 Å². The van der Waals surface area contributed by atoms with Crippen LogP contribution in [-0.4, -0.2) is 17.4 Å². The molecule has 17 heavy (non-hydrogen) atoms. The third-order valence-corrected chi connectivity index (χ3v) is 2.48. The Morgan fingerprint density at radius 2 is 1.88 bits per heavy atom. The van der Waals surface area contributed by atoms with E-state index >= 15 is 0 Å². The molecule has 0 amide bonds. The molecule has 1 rings (SSSR count). The smallest absolute Gasteiger partial charge is 0.307 e. The summed E-state index contributed by atoms with van der Waals surface area (Å²) in [4.78, 5) is 23.6. The van der Waals surface area contributed by atoms with Gasteiger partial charge in [-0.2, -0.15) is 0 Å². The highest BCUT2D eigenvalue weighted by atomic mass is 16.6. The monoisotopic (exact) mass is 236 g/mol. The quantitative estimate of drug-likeness (QED) is 0.692. The van der Waals surface area contributed by atoms with Gasteiger partial charge in [0, 0.05) is 11.8 Å². The number of allylic oxidation sites excluding steroid dienone is 4. The van der Waals surface area contributed by atoms with Crippen molar-refractivity contribution >= 4 is 11.8 Å². The van der Waals surface area contributed by atoms with E-state index in [0.29, 0.717) is 0 Å². The molecule has 0 aromatic heterocycles. The van der Waals surface area contributed by atoms with Crippen molar-refractivity contribution in [2.75, 3.05) is 0 Å². The molecule has 1 aliphatic carbocycles. The van der Waals surface area contributed by atoms with E-state index in [4.69, 9.17) is 4.74 Å². The molecule has 0 saturated heterocycles. The largest absolute Gasteiger partial charge is 0.460 e. The van der Waals surface area contributed by atoms with Gasteiger partial charge in [-0.25, -0.2) is 0 Å². The Balaban J connectivity index is 2.62. The third kappa shape index (κ3) is 4.55. The summed E-state index contributed by atoms with van der Waals surface area (Å²) in [6.07, 6.45) is 7.40. The van der Waals surface area contributed by atoms with Gasteiger partial charge in [-0.3, -0.25) is 9.59 Å². The highest BCUT2D eigenvalue weighted by molar-refractivity contribution is 5.90. The average Bonchev–Trinajstić information content (AvgIpc) is 2.30. The van der Waals surface area contributed by atoms with Gasteiger partial charge in [0.2, 0.25) is 0 Å². The maximum atomic E-state index is 11.9. The molecular formula is C14H20O3. The summed E-state index contributed by atoms with van der Waals surface area (Å²) in [5, 5.41) is 0. The maximum absolute atomic E-state index is 11.9. The highest BCUT2D eigenvalue weighted by Gasteiger charge is 2.26. The summed E-state index contributed by atoms with van der Waals surface area (Å²) in [6, 6.07) is 0. The van der Waals surface area contributed by atoms with Gasteiger partial charge in [-0.1, -0.05) is 31.2 Å². The van der Waals surface area contributed by atoms with E-state index < -0.39 is 5.60 Å². The molecule has 0 aliphatic heterocycles. The van der Waals surface area contributed by atoms with E-state index in [1.807, 2.05) is 45.9 Å². The van der Waals surface area contributed by atoms with Gasteiger partial charge in [0.05, 0.1) is 6.42 Å². The molecule has 0 fully saturated rings. The zero-order chi connectivity index (χ0) is 13.1. The van der Waals surface area contributed by atoms with Crippen molar-refractivity contribution in [1.29, 1.82) is 0 Å². The van der Waals surface area contributed by atoms with Crippen LogP contribution in [0.5, 0.6) is 0 Å². The molecular weight excluding hydrogens is 216 g/mol. The number of ketones is 1. The Morgan fingerprint density at radius 1 is 1.29 bits per heavy atom. The summed E-state index contributed by atoms with van der Waals surface area (Å²) in [7, 11) is 0. The summed E-state index contributed by atoms with van der Waals surface area (Å²) >= 11 is 0. The molecule has 0 saturated carbocycles. The number of hydrogen-bond donors (Lipinski definition) is 0. The van der Waals surface area contributed by atoms with E-state index in [2.05, 4.69) is 0 Å². The average molecular weight is 236 g/mol. The predicted octanol–water partition coefficient (Wildman–Crippen LogP) is 2.67. The molecule has 0 radical (unpaired) electrons. The van der Waals surface area contributed by atoms with Crippen LogP contribution in [0, 0.1) is 11.8 Å². The van der Waals surface area contributed by atoms with Crippen LogP contribution < -0.4 is 0 Å². The SMILES string of the molecule is CC1C=CC=CC(CC(=O)OC(C)(C)C)C1=O. The molecule has 2 atom stereocenters. The minimum absolute atomic E-state index is 0.0702. The lowest BCUT2D eigenvalue weighted by molar-refractivity contribution is -0.156. The van der Waals surface area contributed by atoms with Gasteiger partial charge in [0.25, 0.3) is 0 Å². The number of rotatable bonds is 2. The Hall–Kier alpha value is -1.38. The first-order valence-electron chi connectivity index (χ1n) is 5.90. The van der Waals surface area contributed by atoms with Crippen LogP contribution in [-0.2, 0) is 14.3 Å². The number of ether oxygens (including phenoxy) is 1. The molecule has 3 heteroatoms.